The lowest BCUT2D eigenvalue weighted by Gasteiger charge is -2.36. The molecule has 1 atom stereocenters. The molecule has 1 unspecified atom stereocenters. The second-order valence-corrected chi connectivity index (χ2v) is 3.97. The Morgan fingerprint density at radius 2 is 2.31 bits per heavy atom. The monoisotopic (exact) mass is 183 g/mol. The Hall–Kier alpha value is -0.570. The van der Waals surface area contributed by atoms with E-state index in [0.29, 0.717) is 6.04 Å². The largest absolute Gasteiger partial charge is 0.359 e. The summed E-state index contributed by atoms with van der Waals surface area (Å²) < 4.78 is 0. The summed E-state index contributed by atoms with van der Waals surface area (Å²) in [6.45, 7) is 4.37. The Bertz CT molecular complexity index is 179. The molecule has 1 aliphatic rings. The van der Waals surface area contributed by atoms with Crippen molar-refractivity contribution in [3.8, 4) is 0 Å². The van der Waals surface area contributed by atoms with Gasteiger partial charge in [-0.2, -0.15) is 0 Å². The molecule has 1 aliphatic heterocycles. The van der Waals surface area contributed by atoms with Crippen LogP contribution >= 0.6 is 0 Å². The first kappa shape index (κ1) is 10.5. The van der Waals surface area contributed by atoms with E-state index >= 15 is 0 Å². The van der Waals surface area contributed by atoms with Crippen LogP contribution in [0.5, 0.6) is 0 Å². The number of amidine groups is 1. The molecule has 3 heteroatoms. The maximum Gasteiger partial charge on any atom is 0.0955 e. The van der Waals surface area contributed by atoms with Gasteiger partial charge in [0.2, 0.25) is 0 Å². The number of nitrogens with zero attached hydrogens (tertiary/aromatic N) is 2. The van der Waals surface area contributed by atoms with E-state index in [-0.39, 0.29) is 0 Å². The predicted octanol–water partition coefficient (Wildman–Crippen LogP) is 1.40. The lowest BCUT2D eigenvalue weighted by Crippen LogP contribution is -2.46. The Kier molecular flexibility index (Phi) is 3.72. The zero-order valence-electron chi connectivity index (χ0n) is 9.01. The number of likely N-dealkylation sites (tertiary alicyclic amines) is 1. The van der Waals surface area contributed by atoms with E-state index in [9.17, 15) is 0 Å². The molecule has 0 aliphatic carbocycles. The molecule has 1 heterocycles. The average Bonchev–Trinajstić information content (AvgIpc) is 2.15. The third-order valence-electron chi connectivity index (χ3n) is 2.91. The van der Waals surface area contributed by atoms with Crippen molar-refractivity contribution < 1.29 is 0 Å². The van der Waals surface area contributed by atoms with E-state index in [1.807, 2.05) is 6.92 Å². The lowest BCUT2D eigenvalue weighted by molar-refractivity contribution is 0.180. The van der Waals surface area contributed by atoms with Crippen LogP contribution in [0.15, 0.2) is 0 Å². The van der Waals surface area contributed by atoms with E-state index in [1.165, 1.54) is 19.4 Å². The van der Waals surface area contributed by atoms with Crippen molar-refractivity contribution in [2.45, 2.75) is 32.2 Å². The summed E-state index contributed by atoms with van der Waals surface area (Å²) in [5.41, 5.74) is 0. The van der Waals surface area contributed by atoms with Crippen LogP contribution in [-0.2, 0) is 0 Å². The number of likely N-dealkylation sites (N-methyl/N-ethyl adjacent to an activating group) is 2. The molecule has 3 nitrogen and oxygen atoms in total. The molecular formula is C10H21N3. The topological polar surface area (TPSA) is 30.3 Å². The second-order valence-electron chi connectivity index (χ2n) is 3.97. The van der Waals surface area contributed by atoms with E-state index in [2.05, 4.69) is 23.9 Å². The summed E-state index contributed by atoms with van der Waals surface area (Å²) in [7, 11) is 4.21. The number of nitrogens with one attached hydrogen (secondary N) is 1. The maximum atomic E-state index is 7.75. The fourth-order valence-corrected chi connectivity index (χ4v) is 1.93. The molecule has 0 saturated carbocycles. The van der Waals surface area contributed by atoms with Crippen LogP contribution in [0.4, 0.5) is 0 Å². The number of rotatable bonds is 2. The molecule has 1 N–H and O–H groups in total. The van der Waals surface area contributed by atoms with Gasteiger partial charge in [-0.3, -0.25) is 5.41 Å². The van der Waals surface area contributed by atoms with Crippen molar-refractivity contribution in [2.24, 2.45) is 0 Å². The van der Waals surface area contributed by atoms with Crippen LogP contribution < -0.4 is 0 Å². The van der Waals surface area contributed by atoms with E-state index < -0.39 is 0 Å². The third kappa shape index (κ3) is 2.69. The molecular weight excluding hydrogens is 162 g/mol. The van der Waals surface area contributed by atoms with Gasteiger partial charge in [0.15, 0.2) is 0 Å². The zero-order valence-corrected chi connectivity index (χ0v) is 9.01. The fourth-order valence-electron chi connectivity index (χ4n) is 1.93. The molecule has 1 fully saturated rings. The van der Waals surface area contributed by atoms with Gasteiger partial charge in [-0.15, -0.1) is 0 Å². The minimum atomic E-state index is 0.561. The van der Waals surface area contributed by atoms with Crippen molar-refractivity contribution in [3.63, 3.8) is 0 Å². The quantitative estimate of drug-likeness (QED) is 0.518. The number of hydrogen-bond acceptors (Lipinski definition) is 2. The first-order valence-electron chi connectivity index (χ1n) is 5.14. The van der Waals surface area contributed by atoms with Crippen molar-refractivity contribution in [1.29, 1.82) is 5.41 Å². The van der Waals surface area contributed by atoms with E-state index in [0.717, 1.165) is 18.8 Å². The van der Waals surface area contributed by atoms with Gasteiger partial charge in [0, 0.05) is 26.1 Å². The molecule has 0 radical (unpaired) electrons. The van der Waals surface area contributed by atoms with Crippen LogP contribution in [-0.4, -0.2) is 48.9 Å². The van der Waals surface area contributed by atoms with Gasteiger partial charge in [0.25, 0.3) is 0 Å². The Morgan fingerprint density at radius 3 is 2.85 bits per heavy atom. The number of piperidine rings is 1. The van der Waals surface area contributed by atoms with Crippen molar-refractivity contribution in [3.05, 3.63) is 0 Å². The van der Waals surface area contributed by atoms with Crippen molar-refractivity contribution in [1.82, 2.24) is 9.80 Å². The predicted molar refractivity (Wildman–Crippen MR) is 56.3 cm³/mol. The summed E-state index contributed by atoms with van der Waals surface area (Å²) >= 11 is 0. The molecule has 1 rings (SSSR count). The van der Waals surface area contributed by atoms with Gasteiger partial charge in [0.05, 0.1) is 5.84 Å². The van der Waals surface area contributed by atoms with Crippen molar-refractivity contribution in [2.75, 3.05) is 27.2 Å². The standard InChI is InChI=1S/C10H21N3/c1-4-10(11)13(3)9-6-5-7-12(2)8-9/h9,11H,4-8H2,1-3H3. The summed E-state index contributed by atoms with van der Waals surface area (Å²) in [6.07, 6.45) is 3.35. The first-order chi connectivity index (χ1) is 6.15. The van der Waals surface area contributed by atoms with Gasteiger partial charge in [-0.05, 0) is 26.4 Å². The summed E-state index contributed by atoms with van der Waals surface area (Å²) in [5.74, 6) is 0.764. The van der Waals surface area contributed by atoms with Crippen LogP contribution in [0.2, 0.25) is 0 Å². The van der Waals surface area contributed by atoms with Crippen LogP contribution in [0, 0.1) is 5.41 Å². The van der Waals surface area contributed by atoms with E-state index in [1.54, 1.807) is 0 Å². The molecule has 0 aromatic carbocycles. The zero-order chi connectivity index (χ0) is 9.84. The van der Waals surface area contributed by atoms with Gasteiger partial charge in [-0.25, -0.2) is 0 Å². The maximum absolute atomic E-state index is 7.75. The highest BCUT2D eigenvalue weighted by atomic mass is 15.2. The van der Waals surface area contributed by atoms with Crippen LogP contribution in [0.1, 0.15) is 26.2 Å². The van der Waals surface area contributed by atoms with Crippen LogP contribution in [0.3, 0.4) is 0 Å². The van der Waals surface area contributed by atoms with Gasteiger partial charge >= 0.3 is 0 Å². The summed E-state index contributed by atoms with van der Waals surface area (Å²) in [6, 6.07) is 0.561. The average molecular weight is 183 g/mol. The Labute approximate surface area is 81.2 Å². The molecule has 0 spiro atoms. The van der Waals surface area contributed by atoms with Gasteiger partial charge < -0.3 is 9.80 Å². The highest BCUT2D eigenvalue weighted by Gasteiger charge is 2.21. The highest BCUT2D eigenvalue weighted by Crippen LogP contribution is 2.13. The number of hydrogen-bond donors (Lipinski definition) is 1. The van der Waals surface area contributed by atoms with Crippen LogP contribution in [0.25, 0.3) is 0 Å². The minimum Gasteiger partial charge on any atom is -0.359 e. The van der Waals surface area contributed by atoms with Gasteiger partial charge in [0.1, 0.15) is 0 Å². The van der Waals surface area contributed by atoms with Gasteiger partial charge in [-0.1, -0.05) is 6.92 Å². The summed E-state index contributed by atoms with van der Waals surface area (Å²) in [5, 5.41) is 7.75. The molecule has 13 heavy (non-hydrogen) atoms. The third-order valence-corrected chi connectivity index (χ3v) is 2.91. The smallest absolute Gasteiger partial charge is 0.0955 e. The molecule has 1 saturated heterocycles. The molecule has 0 amide bonds. The lowest BCUT2D eigenvalue weighted by atomic mass is 10.0. The fraction of sp³-hybridized carbons (Fsp3) is 0.900. The molecule has 0 bridgehead atoms. The first-order valence-corrected chi connectivity index (χ1v) is 5.14. The molecule has 0 aromatic rings. The second kappa shape index (κ2) is 4.61. The minimum absolute atomic E-state index is 0.561. The normalized spacial score (nSPS) is 24.4. The Balaban J connectivity index is 2.45. The highest BCUT2D eigenvalue weighted by molar-refractivity contribution is 5.78. The van der Waals surface area contributed by atoms with Crippen molar-refractivity contribution >= 4 is 5.84 Å². The van der Waals surface area contributed by atoms with E-state index in [4.69, 9.17) is 5.41 Å². The Morgan fingerprint density at radius 1 is 1.62 bits per heavy atom. The SMILES string of the molecule is CCC(=N)N(C)C1CCCN(C)C1. The molecule has 0 aromatic heterocycles. The summed E-state index contributed by atoms with van der Waals surface area (Å²) in [4.78, 5) is 4.49. The molecule has 76 valence electrons.